The summed E-state index contributed by atoms with van der Waals surface area (Å²) in [6, 6.07) is 10.5. The Morgan fingerprint density at radius 2 is 1.94 bits per heavy atom. The number of hydrogen-bond donors (Lipinski definition) is 1. The van der Waals surface area contributed by atoms with E-state index < -0.39 is 0 Å². The quantitative estimate of drug-likeness (QED) is 0.853. The van der Waals surface area contributed by atoms with Crippen LogP contribution in [0.15, 0.2) is 36.5 Å². The number of hydrogen-bond acceptors (Lipinski definition) is 2. The molecule has 0 atom stereocenters. The fourth-order valence-electron chi connectivity index (χ4n) is 1.72. The zero-order chi connectivity index (χ0) is 12.1. The Kier molecular flexibility index (Phi) is 3.81. The van der Waals surface area contributed by atoms with Crippen molar-refractivity contribution < 1.29 is 0 Å². The molecule has 0 saturated carbocycles. The number of benzene rings is 1. The van der Waals surface area contributed by atoms with Gasteiger partial charge in [-0.1, -0.05) is 24.6 Å². The topological polar surface area (TPSA) is 29.9 Å². The highest BCUT2D eigenvalue weighted by molar-refractivity contribution is 5.44. The van der Waals surface area contributed by atoms with Crippen molar-refractivity contribution in [2.45, 2.75) is 33.4 Å². The van der Waals surface area contributed by atoms with Crippen LogP contribution in [-0.2, 0) is 13.1 Å². The van der Waals surface area contributed by atoms with Crippen LogP contribution in [0.3, 0.4) is 0 Å². The Hall–Kier alpha value is -1.77. The van der Waals surface area contributed by atoms with Gasteiger partial charge in [0.25, 0.3) is 0 Å². The lowest BCUT2D eigenvalue weighted by atomic mass is 10.2. The summed E-state index contributed by atoms with van der Waals surface area (Å²) in [7, 11) is 0. The molecule has 1 aromatic heterocycles. The molecular formula is C14H19N3. The van der Waals surface area contributed by atoms with E-state index in [-0.39, 0.29) is 0 Å². The van der Waals surface area contributed by atoms with Crippen LogP contribution < -0.4 is 5.32 Å². The molecule has 90 valence electrons. The minimum absolute atomic E-state index is 0.778. The largest absolute Gasteiger partial charge is 0.379 e. The van der Waals surface area contributed by atoms with Gasteiger partial charge in [0, 0.05) is 18.4 Å². The van der Waals surface area contributed by atoms with E-state index in [4.69, 9.17) is 0 Å². The van der Waals surface area contributed by atoms with E-state index in [9.17, 15) is 0 Å². The minimum atomic E-state index is 0.778. The summed E-state index contributed by atoms with van der Waals surface area (Å²) in [4.78, 5) is 0. The average Bonchev–Trinajstić information content (AvgIpc) is 2.77. The molecule has 0 aliphatic heterocycles. The number of nitrogens with zero attached hydrogens (tertiary/aromatic N) is 2. The first-order chi connectivity index (χ1) is 8.28. The zero-order valence-corrected chi connectivity index (χ0v) is 10.5. The Labute approximate surface area is 102 Å². The molecule has 0 spiro atoms. The van der Waals surface area contributed by atoms with Crippen molar-refractivity contribution in [2.75, 3.05) is 5.32 Å². The molecule has 3 nitrogen and oxygen atoms in total. The first kappa shape index (κ1) is 11.7. The van der Waals surface area contributed by atoms with Gasteiger partial charge in [0.05, 0.1) is 12.2 Å². The minimum Gasteiger partial charge on any atom is -0.379 e. The van der Waals surface area contributed by atoms with Crippen molar-refractivity contribution >= 4 is 5.69 Å². The lowest BCUT2D eigenvalue weighted by molar-refractivity contribution is 0.595. The summed E-state index contributed by atoms with van der Waals surface area (Å²) in [5.41, 5.74) is 3.50. The third-order valence-electron chi connectivity index (χ3n) is 2.67. The SMILES string of the molecule is CCCn1ccc(CNc2ccc(C)cc2)n1. The summed E-state index contributed by atoms with van der Waals surface area (Å²) in [6.45, 7) is 6.02. The molecule has 2 rings (SSSR count). The van der Waals surface area contributed by atoms with Gasteiger partial charge in [0.2, 0.25) is 0 Å². The molecule has 1 aromatic carbocycles. The fraction of sp³-hybridized carbons (Fsp3) is 0.357. The molecule has 1 N–H and O–H groups in total. The summed E-state index contributed by atoms with van der Waals surface area (Å²) < 4.78 is 1.99. The molecule has 0 radical (unpaired) electrons. The second-order valence-corrected chi connectivity index (χ2v) is 4.29. The van der Waals surface area contributed by atoms with Gasteiger partial charge in [-0.05, 0) is 31.5 Å². The van der Waals surface area contributed by atoms with Crippen molar-refractivity contribution in [1.82, 2.24) is 9.78 Å². The molecule has 0 saturated heterocycles. The van der Waals surface area contributed by atoms with Crippen LogP contribution in [0.1, 0.15) is 24.6 Å². The molecule has 0 bridgehead atoms. The lowest BCUT2D eigenvalue weighted by Crippen LogP contribution is -2.02. The molecule has 0 amide bonds. The first-order valence-electron chi connectivity index (χ1n) is 6.11. The summed E-state index contributed by atoms with van der Waals surface area (Å²) in [6.07, 6.45) is 3.15. The van der Waals surface area contributed by atoms with E-state index >= 15 is 0 Å². The average molecular weight is 229 g/mol. The van der Waals surface area contributed by atoms with E-state index in [1.807, 2.05) is 10.9 Å². The van der Waals surface area contributed by atoms with E-state index in [2.05, 4.69) is 54.6 Å². The van der Waals surface area contributed by atoms with E-state index in [1.165, 1.54) is 5.56 Å². The second kappa shape index (κ2) is 5.53. The zero-order valence-electron chi connectivity index (χ0n) is 10.5. The van der Waals surface area contributed by atoms with Gasteiger partial charge in [-0.15, -0.1) is 0 Å². The van der Waals surface area contributed by atoms with E-state index in [0.29, 0.717) is 0 Å². The number of aromatic nitrogens is 2. The highest BCUT2D eigenvalue weighted by atomic mass is 15.3. The summed E-state index contributed by atoms with van der Waals surface area (Å²) >= 11 is 0. The van der Waals surface area contributed by atoms with Gasteiger partial charge in [0.1, 0.15) is 0 Å². The van der Waals surface area contributed by atoms with Crippen LogP contribution in [0.2, 0.25) is 0 Å². The standard InChI is InChI=1S/C14H19N3/c1-3-9-17-10-8-14(16-17)11-15-13-6-4-12(2)5-7-13/h4-8,10,15H,3,9,11H2,1-2H3. The summed E-state index contributed by atoms with van der Waals surface area (Å²) in [5.74, 6) is 0. The van der Waals surface area contributed by atoms with Crippen molar-refractivity contribution in [3.8, 4) is 0 Å². The predicted molar refractivity (Wildman–Crippen MR) is 71.0 cm³/mol. The Morgan fingerprint density at radius 3 is 2.65 bits per heavy atom. The molecule has 0 aliphatic rings. The number of rotatable bonds is 5. The smallest absolute Gasteiger partial charge is 0.0815 e. The maximum absolute atomic E-state index is 4.49. The molecule has 3 heteroatoms. The third kappa shape index (κ3) is 3.34. The van der Waals surface area contributed by atoms with Crippen LogP contribution in [0.4, 0.5) is 5.69 Å². The molecule has 0 fully saturated rings. The first-order valence-corrected chi connectivity index (χ1v) is 6.11. The molecule has 17 heavy (non-hydrogen) atoms. The molecule has 0 unspecified atom stereocenters. The van der Waals surface area contributed by atoms with Crippen LogP contribution in [0.5, 0.6) is 0 Å². The van der Waals surface area contributed by atoms with Gasteiger partial charge >= 0.3 is 0 Å². The Morgan fingerprint density at radius 1 is 1.18 bits per heavy atom. The van der Waals surface area contributed by atoms with Crippen LogP contribution in [0.25, 0.3) is 0 Å². The van der Waals surface area contributed by atoms with Crippen LogP contribution in [-0.4, -0.2) is 9.78 Å². The molecule has 2 aromatic rings. The highest BCUT2D eigenvalue weighted by Crippen LogP contribution is 2.09. The Bertz CT molecular complexity index is 457. The van der Waals surface area contributed by atoms with Crippen LogP contribution >= 0.6 is 0 Å². The monoisotopic (exact) mass is 229 g/mol. The van der Waals surface area contributed by atoms with Gasteiger partial charge in [-0.25, -0.2) is 0 Å². The lowest BCUT2D eigenvalue weighted by Gasteiger charge is -2.04. The third-order valence-corrected chi connectivity index (χ3v) is 2.67. The van der Waals surface area contributed by atoms with Crippen molar-refractivity contribution in [3.63, 3.8) is 0 Å². The van der Waals surface area contributed by atoms with Gasteiger partial charge < -0.3 is 5.32 Å². The predicted octanol–water partition coefficient (Wildman–Crippen LogP) is 3.21. The number of anilines is 1. The maximum Gasteiger partial charge on any atom is 0.0815 e. The van der Waals surface area contributed by atoms with Crippen LogP contribution in [0, 0.1) is 6.92 Å². The Balaban J connectivity index is 1.90. The van der Waals surface area contributed by atoms with Crippen molar-refractivity contribution in [3.05, 3.63) is 47.8 Å². The second-order valence-electron chi connectivity index (χ2n) is 4.29. The molecular weight excluding hydrogens is 210 g/mol. The number of nitrogens with one attached hydrogen (secondary N) is 1. The van der Waals surface area contributed by atoms with Gasteiger partial charge in [0.15, 0.2) is 0 Å². The highest BCUT2D eigenvalue weighted by Gasteiger charge is 1.98. The van der Waals surface area contributed by atoms with E-state index in [0.717, 1.165) is 30.9 Å². The fourth-order valence-corrected chi connectivity index (χ4v) is 1.72. The normalized spacial score (nSPS) is 10.5. The van der Waals surface area contributed by atoms with Gasteiger partial charge in [-0.3, -0.25) is 4.68 Å². The molecule has 0 aliphatic carbocycles. The number of aryl methyl sites for hydroxylation is 2. The van der Waals surface area contributed by atoms with E-state index in [1.54, 1.807) is 0 Å². The van der Waals surface area contributed by atoms with Gasteiger partial charge in [-0.2, -0.15) is 5.10 Å². The molecule has 1 heterocycles. The van der Waals surface area contributed by atoms with Crippen molar-refractivity contribution in [1.29, 1.82) is 0 Å². The summed E-state index contributed by atoms with van der Waals surface area (Å²) in [5, 5.41) is 7.85. The van der Waals surface area contributed by atoms with Crippen molar-refractivity contribution in [2.24, 2.45) is 0 Å². The maximum atomic E-state index is 4.49.